The highest BCUT2D eigenvalue weighted by Gasteiger charge is 2.28. The molecule has 3 N–H and O–H groups in total. The molecule has 0 heterocycles. The van der Waals surface area contributed by atoms with Crippen LogP contribution in [-0.2, 0) is 0 Å². The largest absolute Gasteiger partial charge is 0.349 e. The molecule has 1 aliphatic rings. The number of nitrogens with one attached hydrogen (secondary N) is 1. The number of amides is 1. The standard InChI is InChI=1S/C13H16F2N2O.ClH/c14-10-5-2-4-9(12(10)15)13(18)17-11-6-1-3-8(11)7-16;/h2,4-5,8,11H,1,3,6-7,16H2,(H,17,18);1H. The van der Waals surface area contributed by atoms with Crippen LogP contribution in [0.4, 0.5) is 8.78 Å². The van der Waals surface area contributed by atoms with Gasteiger partial charge in [0.2, 0.25) is 0 Å². The highest BCUT2D eigenvalue weighted by atomic mass is 35.5. The number of hydrogen-bond donors (Lipinski definition) is 2. The SMILES string of the molecule is Cl.NCC1CCCC1NC(=O)c1cccc(F)c1F. The van der Waals surface area contributed by atoms with E-state index in [4.69, 9.17) is 5.73 Å². The molecule has 0 saturated heterocycles. The summed E-state index contributed by atoms with van der Waals surface area (Å²) in [6.45, 7) is 0.497. The highest BCUT2D eigenvalue weighted by Crippen LogP contribution is 2.25. The molecule has 19 heavy (non-hydrogen) atoms. The number of rotatable bonds is 3. The summed E-state index contributed by atoms with van der Waals surface area (Å²) in [5, 5.41) is 2.74. The van der Waals surface area contributed by atoms with Crippen LogP contribution in [-0.4, -0.2) is 18.5 Å². The van der Waals surface area contributed by atoms with Crippen LogP contribution in [0, 0.1) is 17.6 Å². The van der Waals surface area contributed by atoms with E-state index >= 15 is 0 Å². The lowest BCUT2D eigenvalue weighted by Gasteiger charge is -2.19. The van der Waals surface area contributed by atoms with Crippen LogP contribution < -0.4 is 11.1 Å². The molecule has 1 aromatic rings. The Kier molecular flexibility index (Phi) is 5.69. The van der Waals surface area contributed by atoms with Gasteiger partial charge in [0.25, 0.3) is 5.91 Å². The lowest BCUT2D eigenvalue weighted by molar-refractivity contribution is 0.0923. The normalized spacial score (nSPS) is 21.8. The van der Waals surface area contributed by atoms with Crippen molar-refractivity contribution in [1.82, 2.24) is 5.32 Å². The minimum Gasteiger partial charge on any atom is -0.349 e. The van der Waals surface area contributed by atoms with Crippen molar-refractivity contribution in [2.45, 2.75) is 25.3 Å². The number of hydrogen-bond acceptors (Lipinski definition) is 2. The van der Waals surface area contributed by atoms with Crippen LogP contribution in [0.2, 0.25) is 0 Å². The van der Waals surface area contributed by atoms with E-state index in [1.54, 1.807) is 0 Å². The number of nitrogens with two attached hydrogens (primary N) is 1. The summed E-state index contributed by atoms with van der Waals surface area (Å²) in [6.07, 6.45) is 2.80. The molecule has 0 aliphatic heterocycles. The maximum atomic E-state index is 13.4. The molecule has 0 spiro atoms. The summed E-state index contributed by atoms with van der Waals surface area (Å²) in [6, 6.07) is 3.55. The van der Waals surface area contributed by atoms with E-state index in [1.807, 2.05) is 0 Å². The minimum atomic E-state index is -1.10. The van der Waals surface area contributed by atoms with Crippen LogP contribution in [0.3, 0.4) is 0 Å². The van der Waals surface area contributed by atoms with Gasteiger partial charge in [-0.1, -0.05) is 12.5 Å². The second kappa shape index (κ2) is 6.82. The Bertz CT molecular complexity index is 456. The Hall–Kier alpha value is -1.20. The van der Waals surface area contributed by atoms with Gasteiger partial charge in [0.05, 0.1) is 5.56 Å². The van der Waals surface area contributed by atoms with Gasteiger partial charge in [-0.05, 0) is 37.4 Å². The van der Waals surface area contributed by atoms with Gasteiger partial charge in [-0.3, -0.25) is 4.79 Å². The van der Waals surface area contributed by atoms with Crippen molar-refractivity contribution >= 4 is 18.3 Å². The fraction of sp³-hybridized carbons (Fsp3) is 0.462. The van der Waals surface area contributed by atoms with Crippen LogP contribution >= 0.6 is 12.4 Å². The zero-order valence-electron chi connectivity index (χ0n) is 10.4. The monoisotopic (exact) mass is 290 g/mol. The molecule has 1 aliphatic carbocycles. The van der Waals surface area contributed by atoms with Gasteiger partial charge in [0, 0.05) is 6.04 Å². The third-order valence-corrected chi connectivity index (χ3v) is 3.47. The molecule has 2 rings (SSSR count). The summed E-state index contributed by atoms with van der Waals surface area (Å²) >= 11 is 0. The first-order chi connectivity index (χ1) is 8.63. The van der Waals surface area contributed by atoms with Gasteiger partial charge in [-0.15, -0.1) is 12.4 Å². The Labute approximate surface area is 117 Å². The van der Waals surface area contributed by atoms with Crippen LogP contribution in [0.15, 0.2) is 18.2 Å². The summed E-state index contributed by atoms with van der Waals surface area (Å²) in [5.41, 5.74) is 5.36. The van der Waals surface area contributed by atoms with Crippen molar-refractivity contribution in [1.29, 1.82) is 0 Å². The van der Waals surface area contributed by atoms with E-state index in [2.05, 4.69) is 5.32 Å². The van der Waals surface area contributed by atoms with Crippen molar-refractivity contribution < 1.29 is 13.6 Å². The maximum absolute atomic E-state index is 13.4. The first kappa shape index (κ1) is 15.9. The Morgan fingerprint density at radius 1 is 1.37 bits per heavy atom. The second-order valence-electron chi connectivity index (χ2n) is 4.61. The van der Waals surface area contributed by atoms with Gasteiger partial charge < -0.3 is 11.1 Å². The summed E-state index contributed by atoms with van der Waals surface area (Å²) < 4.78 is 26.5. The lowest BCUT2D eigenvalue weighted by atomic mass is 10.0. The predicted molar refractivity (Wildman–Crippen MR) is 71.3 cm³/mol. The molecule has 1 saturated carbocycles. The van der Waals surface area contributed by atoms with E-state index in [0.717, 1.165) is 25.3 Å². The van der Waals surface area contributed by atoms with Crippen molar-refractivity contribution in [2.24, 2.45) is 11.7 Å². The van der Waals surface area contributed by atoms with Crippen molar-refractivity contribution in [3.63, 3.8) is 0 Å². The molecule has 3 nitrogen and oxygen atoms in total. The van der Waals surface area contributed by atoms with Crippen molar-refractivity contribution in [2.75, 3.05) is 6.54 Å². The topological polar surface area (TPSA) is 55.1 Å². The summed E-state index contributed by atoms with van der Waals surface area (Å²) in [4.78, 5) is 11.9. The molecule has 106 valence electrons. The Morgan fingerprint density at radius 3 is 2.79 bits per heavy atom. The van der Waals surface area contributed by atoms with E-state index in [9.17, 15) is 13.6 Å². The molecule has 2 unspecified atom stereocenters. The molecule has 6 heteroatoms. The Balaban J connectivity index is 0.00000180. The zero-order valence-corrected chi connectivity index (χ0v) is 11.2. The molecule has 1 amide bonds. The van der Waals surface area contributed by atoms with E-state index in [0.29, 0.717) is 6.54 Å². The van der Waals surface area contributed by atoms with Gasteiger partial charge >= 0.3 is 0 Å². The van der Waals surface area contributed by atoms with Crippen LogP contribution in [0.5, 0.6) is 0 Å². The van der Waals surface area contributed by atoms with Gasteiger partial charge in [-0.2, -0.15) is 0 Å². The number of halogens is 3. The quantitative estimate of drug-likeness (QED) is 0.897. The minimum absolute atomic E-state index is 0. The summed E-state index contributed by atoms with van der Waals surface area (Å²) in [7, 11) is 0. The lowest BCUT2D eigenvalue weighted by Crippen LogP contribution is -2.40. The smallest absolute Gasteiger partial charge is 0.254 e. The number of carbonyl (C=O) groups is 1. The average molecular weight is 291 g/mol. The molecular formula is C13H17ClF2N2O. The molecule has 0 radical (unpaired) electrons. The van der Waals surface area contributed by atoms with Gasteiger partial charge in [0.15, 0.2) is 11.6 Å². The molecule has 1 fully saturated rings. The van der Waals surface area contributed by atoms with Crippen LogP contribution in [0.1, 0.15) is 29.6 Å². The molecule has 2 atom stereocenters. The Morgan fingerprint density at radius 2 is 2.11 bits per heavy atom. The predicted octanol–water partition coefficient (Wildman–Crippen LogP) is 2.24. The summed E-state index contributed by atoms with van der Waals surface area (Å²) in [5.74, 6) is -2.45. The third-order valence-electron chi connectivity index (χ3n) is 3.47. The maximum Gasteiger partial charge on any atom is 0.254 e. The second-order valence-corrected chi connectivity index (χ2v) is 4.61. The van der Waals surface area contributed by atoms with E-state index in [-0.39, 0.29) is 29.9 Å². The highest BCUT2D eigenvalue weighted by molar-refractivity contribution is 5.94. The third kappa shape index (κ3) is 3.42. The first-order valence-electron chi connectivity index (χ1n) is 6.08. The van der Waals surface area contributed by atoms with Crippen molar-refractivity contribution in [3.05, 3.63) is 35.4 Å². The van der Waals surface area contributed by atoms with Crippen LogP contribution in [0.25, 0.3) is 0 Å². The average Bonchev–Trinajstić information content (AvgIpc) is 2.79. The number of benzene rings is 1. The van der Waals surface area contributed by atoms with Crippen molar-refractivity contribution in [3.8, 4) is 0 Å². The van der Waals surface area contributed by atoms with Gasteiger partial charge in [0.1, 0.15) is 0 Å². The number of carbonyl (C=O) groups excluding carboxylic acids is 1. The molecule has 0 bridgehead atoms. The van der Waals surface area contributed by atoms with E-state index < -0.39 is 17.5 Å². The first-order valence-corrected chi connectivity index (χ1v) is 6.08. The fourth-order valence-corrected chi connectivity index (χ4v) is 2.43. The zero-order chi connectivity index (χ0) is 13.1. The fourth-order valence-electron chi connectivity index (χ4n) is 2.43. The molecular weight excluding hydrogens is 274 g/mol. The molecule has 0 aromatic heterocycles. The van der Waals surface area contributed by atoms with E-state index in [1.165, 1.54) is 12.1 Å². The van der Waals surface area contributed by atoms with Gasteiger partial charge in [-0.25, -0.2) is 8.78 Å². The molecule has 1 aromatic carbocycles.